The molecule has 8 heteroatoms. The van der Waals surface area contributed by atoms with Crippen molar-refractivity contribution in [2.75, 3.05) is 26.2 Å². The van der Waals surface area contributed by atoms with Crippen molar-refractivity contribution in [1.82, 2.24) is 20.0 Å². The summed E-state index contributed by atoms with van der Waals surface area (Å²) in [4.78, 5) is 2.31. The Hall–Kier alpha value is -0.820. The van der Waals surface area contributed by atoms with Crippen molar-refractivity contribution in [3.63, 3.8) is 0 Å². The van der Waals surface area contributed by atoms with E-state index in [0.717, 1.165) is 36.6 Å². The van der Waals surface area contributed by atoms with Crippen molar-refractivity contribution in [2.24, 2.45) is 0 Å². The van der Waals surface area contributed by atoms with E-state index in [1.54, 1.807) is 4.68 Å². The number of benzene rings is 1. The van der Waals surface area contributed by atoms with Crippen molar-refractivity contribution >= 4 is 35.6 Å². The number of β-amino-alcohol motifs (C(OH)–C–C–N with tert-alkyl or cyclic N) is 1. The summed E-state index contributed by atoms with van der Waals surface area (Å²) in [5, 5.41) is 19.1. The molecule has 0 aliphatic carbocycles. The van der Waals surface area contributed by atoms with Crippen molar-refractivity contribution in [3.05, 3.63) is 45.7 Å². The number of para-hydroxylation sites is 1. The molecular weight excluding hydrogens is 395 g/mol. The number of aromatic nitrogens is 2. The largest absolute Gasteiger partial charge is 0.390 e. The number of hydrogen-bond donors (Lipinski definition) is 2. The molecule has 1 aromatic heterocycles. The molecule has 1 saturated heterocycles. The number of nitrogens with one attached hydrogen (secondary N) is 1. The summed E-state index contributed by atoms with van der Waals surface area (Å²) in [6, 6.07) is 7.48. The van der Waals surface area contributed by atoms with Crippen LogP contribution in [-0.2, 0) is 6.54 Å². The summed E-state index contributed by atoms with van der Waals surface area (Å²) in [6.07, 6.45) is 2.09. The highest BCUT2D eigenvalue weighted by Crippen LogP contribution is 2.27. The number of halogens is 3. The molecule has 144 valence electrons. The number of aryl methyl sites for hydroxylation is 1. The minimum atomic E-state index is -0.379. The molecule has 0 spiro atoms. The maximum atomic E-state index is 10.2. The second-order valence-corrected chi connectivity index (χ2v) is 7.28. The van der Waals surface area contributed by atoms with E-state index >= 15 is 0 Å². The summed E-state index contributed by atoms with van der Waals surface area (Å²) < 4.78 is 1.66. The molecular formula is C18H25Cl3N4O. The Bertz CT molecular complexity index is 716. The van der Waals surface area contributed by atoms with Crippen molar-refractivity contribution in [1.29, 1.82) is 0 Å². The first kappa shape index (κ1) is 21.5. The lowest BCUT2D eigenvalue weighted by atomic mass is 10.2. The average molecular weight is 420 g/mol. The van der Waals surface area contributed by atoms with Gasteiger partial charge in [-0.25, -0.2) is 4.68 Å². The zero-order valence-electron chi connectivity index (χ0n) is 14.8. The maximum Gasteiger partial charge on any atom is 0.137 e. The van der Waals surface area contributed by atoms with Gasteiger partial charge in [0.15, 0.2) is 0 Å². The second kappa shape index (κ2) is 9.93. The van der Waals surface area contributed by atoms with Gasteiger partial charge in [0.25, 0.3) is 0 Å². The highest BCUT2D eigenvalue weighted by atomic mass is 35.5. The van der Waals surface area contributed by atoms with E-state index in [1.807, 2.05) is 31.2 Å². The van der Waals surface area contributed by atoms with Crippen LogP contribution >= 0.6 is 35.6 Å². The fraction of sp³-hybridized carbons (Fsp3) is 0.500. The smallest absolute Gasteiger partial charge is 0.137 e. The Labute approximate surface area is 170 Å². The van der Waals surface area contributed by atoms with E-state index in [0.29, 0.717) is 23.3 Å². The van der Waals surface area contributed by atoms with Crippen LogP contribution in [0.25, 0.3) is 5.69 Å². The molecule has 26 heavy (non-hydrogen) atoms. The van der Waals surface area contributed by atoms with Crippen LogP contribution in [0.5, 0.6) is 0 Å². The molecule has 0 amide bonds. The Balaban J connectivity index is 0.00000243. The van der Waals surface area contributed by atoms with E-state index in [9.17, 15) is 5.11 Å². The van der Waals surface area contributed by atoms with Crippen LogP contribution in [-0.4, -0.2) is 52.1 Å². The highest BCUT2D eigenvalue weighted by Gasteiger charge is 2.18. The SMILES string of the molecule is Cc1nn(-c2ccccc2Cl)c(Cl)c1CNCC(O)CN1CCCC1.Cl. The third-order valence-corrected chi connectivity index (χ3v) is 5.26. The highest BCUT2D eigenvalue weighted by molar-refractivity contribution is 6.33. The van der Waals surface area contributed by atoms with Crippen LogP contribution < -0.4 is 5.32 Å². The first-order valence-corrected chi connectivity index (χ1v) is 9.42. The van der Waals surface area contributed by atoms with Gasteiger partial charge in [0.2, 0.25) is 0 Å². The van der Waals surface area contributed by atoms with Crippen LogP contribution in [0.4, 0.5) is 0 Å². The van der Waals surface area contributed by atoms with Gasteiger partial charge < -0.3 is 15.3 Å². The number of rotatable bonds is 7. The van der Waals surface area contributed by atoms with Gasteiger partial charge in [-0.3, -0.25) is 0 Å². The zero-order chi connectivity index (χ0) is 17.8. The van der Waals surface area contributed by atoms with Gasteiger partial charge in [-0.1, -0.05) is 35.3 Å². The second-order valence-electron chi connectivity index (χ2n) is 6.51. The molecule has 0 radical (unpaired) electrons. The van der Waals surface area contributed by atoms with Crippen LogP contribution in [0, 0.1) is 6.92 Å². The normalized spacial score (nSPS) is 15.8. The molecule has 2 aromatic rings. The Morgan fingerprint density at radius 1 is 1.23 bits per heavy atom. The Morgan fingerprint density at radius 3 is 2.62 bits per heavy atom. The first-order valence-electron chi connectivity index (χ1n) is 8.66. The maximum absolute atomic E-state index is 10.2. The molecule has 1 atom stereocenters. The fourth-order valence-electron chi connectivity index (χ4n) is 3.21. The quantitative estimate of drug-likeness (QED) is 0.722. The molecule has 3 rings (SSSR count). The number of likely N-dealkylation sites (tertiary alicyclic amines) is 1. The van der Waals surface area contributed by atoms with E-state index < -0.39 is 0 Å². The summed E-state index contributed by atoms with van der Waals surface area (Å²) in [7, 11) is 0. The first-order chi connectivity index (χ1) is 12.1. The summed E-state index contributed by atoms with van der Waals surface area (Å²) in [5.41, 5.74) is 2.54. The lowest BCUT2D eigenvalue weighted by Gasteiger charge is -2.19. The van der Waals surface area contributed by atoms with Crippen molar-refractivity contribution < 1.29 is 5.11 Å². The van der Waals surface area contributed by atoms with E-state index in [-0.39, 0.29) is 18.5 Å². The summed E-state index contributed by atoms with van der Waals surface area (Å²) in [6.45, 7) is 5.92. The molecule has 1 aliphatic rings. The van der Waals surface area contributed by atoms with Gasteiger partial charge in [-0.2, -0.15) is 5.10 Å². The predicted molar refractivity (Wildman–Crippen MR) is 109 cm³/mol. The number of nitrogens with zero attached hydrogens (tertiary/aromatic N) is 3. The minimum absolute atomic E-state index is 0. The lowest BCUT2D eigenvalue weighted by Crippen LogP contribution is -2.36. The van der Waals surface area contributed by atoms with Crippen LogP contribution in [0.2, 0.25) is 10.2 Å². The standard InChI is InChI=1S/C18H24Cl2N4O.ClH/c1-13-15(11-21-10-14(25)12-23-8-4-5-9-23)18(20)24(22-13)17-7-3-2-6-16(17)19;/h2-3,6-7,14,21,25H,4-5,8-12H2,1H3;1H. The molecule has 0 saturated carbocycles. The van der Waals surface area contributed by atoms with Crippen LogP contribution in [0.1, 0.15) is 24.1 Å². The summed E-state index contributed by atoms with van der Waals surface area (Å²) >= 11 is 12.8. The minimum Gasteiger partial charge on any atom is -0.390 e. The molecule has 1 aromatic carbocycles. The lowest BCUT2D eigenvalue weighted by molar-refractivity contribution is 0.123. The Kier molecular flexibility index (Phi) is 8.20. The van der Waals surface area contributed by atoms with Crippen molar-refractivity contribution in [2.45, 2.75) is 32.4 Å². The van der Waals surface area contributed by atoms with Crippen LogP contribution in [0.15, 0.2) is 24.3 Å². The number of aliphatic hydroxyl groups excluding tert-OH is 1. The van der Waals surface area contributed by atoms with Gasteiger partial charge >= 0.3 is 0 Å². The predicted octanol–water partition coefficient (Wildman–Crippen LogP) is 3.46. The fourth-order valence-corrected chi connectivity index (χ4v) is 3.76. The third-order valence-electron chi connectivity index (χ3n) is 4.55. The molecule has 2 N–H and O–H groups in total. The molecule has 0 bridgehead atoms. The van der Waals surface area contributed by atoms with Gasteiger partial charge in [-0.15, -0.1) is 12.4 Å². The Morgan fingerprint density at radius 2 is 1.92 bits per heavy atom. The van der Waals surface area contributed by atoms with Gasteiger partial charge in [0.05, 0.1) is 22.5 Å². The van der Waals surface area contributed by atoms with Crippen LogP contribution in [0.3, 0.4) is 0 Å². The third kappa shape index (κ3) is 5.12. The van der Waals surface area contributed by atoms with Crippen molar-refractivity contribution in [3.8, 4) is 5.69 Å². The molecule has 1 aliphatic heterocycles. The summed E-state index contributed by atoms with van der Waals surface area (Å²) in [5.74, 6) is 0. The van der Waals surface area contributed by atoms with E-state index in [1.165, 1.54) is 12.8 Å². The van der Waals surface area contributed by atoms with Gasteiger partial charge in [0, 0.05) is 25.2 Å². The average Bonchev–Trinajstić information content (AvgIpc) is 3.18. The van der Waals surface area contributed by atoms with Gasteiger partial charge in [0.1, 0.15) is 5.15 Å². The zero-order valence-corrected chi connectivity index (χ0v) is 17.1. The number of aliphatic hydroxyl groups is 1. The molecule has 2 heterocycles. The van der Waals surface area contributed by atoms with E-state index in [2.05, 4.69) is 15.3 Å². The monoisotopic (exact) mass is 418 g/mol. The topological polar surface area (TPSA) is 53.3 Å². The number of hydrogen-bond acceptors (Lipinski definition) is 4. The van der Waals surface area contributed by atoms with Gasteiger partial charge in [-0.05, 0) is 45.0 Å². The molecule has 1 fully saturated rings. The molecule has 5 nitrogen and oxygen atoms in total. The van der Waals surface area contributed by atoms with E-state index in [4.69, 9.17) is 23.2 Å². The molecule has 1 unspecified atom stereocenters.